The summed E-state index contributed by atoms with van der Waals surface area (Å²) in [6.45, 7) is 3.13. The van der Waals surface area contributed by atoms with E-state index >= 15 is 0 Å². The summed E-state index contributed by atoms with van der Waals surface area (Å²) in [6.07, 6.45) is 0.285. The van der Waals surface area contributed by atoms with E-state index in [9.17, 15) is 9.59 Å². The Hall–Kier alpha value is -1.63. The first-order valence-electron chi connectivity index (χ1n) is 4.66. The first-order chi connectivity index (χ1) is 7.39. The maximum atomic E-state index is 11.7. The molecule has 0 saturated carbocycles. The zero-order valence-electron chi connectivity index (χ0n) is 8.98. The minimum absolute atomic E-state index is 0.142. The van der Waals surface area contributed by atoms with Crippen LogP contribution in [-0.4, -0.2) is 27.5 Å². The van der Waals surface area contributed by atoms with Crippen LogP contribution in [0, 0.1) is 0 Å². The molecule has 1 unspecified atom stereocenters. The number of carboxylic acids is 1. The normalized spacial score (nSPS) is 14.1. The number of amides is 1. The van der Waals surface area contributed by atoms with Crippen molar-refractivity contribution in [1.29, 1.82) is 0 Å². The van der Waals surface area contributed by atoms with E-state index in [1.165, 1.54) is 12.3 Å². The third-order valence-electron chi connectivity index (χ3n) is 2.32. The molecule has 7 heteroatoms. The summed E-state index contributed by atoms with van der Waals surface area (Å²) in [5.41, 5.74) is 4.24. The molecule has 0 aliphatic heterocycles. The SMILES string of the molecule is CCC(C)(NC(=O)c1csc(N)n1)C(=O)O. The predicted octanol–water partition coefficient (Wildman–Crippen LogP) is 0.708. The van der Waals surface area contributed by atoms with E-state index < -0.39 is 17.4 Å². The van der Waals surface area contributed by atoms with Gasteiger partial charge in [-0.3, -0.25) is 4.79 Å². The molecule has 6 nitrogen and oxygen atoms in total. The van der Waals surface area contributed by atoms with Gasteiger partial charge in [0.15, 0.2) is 5.13 Å². The molecule has 1 aromatic rings. The number of rotatable bonds is 4. The van der Waals surface area contributed by atoms with Gasteiger partial charge in [0.05, 0.1) is 0 Å². The van der Waals surface area contributed by atoms with Gasteiger partial charge in [0.2, 0.25) is 0 Å². The number of carbonyl (C=O) groups excluding carboxylic acids is 1. The molecule has 0 aliphatic carbocycles. The Morgan fingerprint density at radius 1 is 1.69 bits per heavy atom. The molecule has 1 heterocycles. The largest absolute Gasteiger partial charge is 0.480 e. The maximum absolute atomic E-state index is 11.7. The van der Waals surface area contributed by atoms with Gasteiger partial charge >= 0.3 is 5.97 Å². The highest BCUT2D eigenvalue weighted by Gasteiger charge is 2.33. The summed E-state index contributed by atoms with van der Waals surface area (Å²) < 4.78 is 0. The van der Waals surface area contributed by atoms with E-state index in [1.807, 2.05) is 0 Å². The topological polar surface area (TPSA) is 105 Å². The highest BCUT2D eigenvalue weighted by Crippen LogP contribution is 2.14. The minimum Gasteiger partial charge on any atom is -0.480 e. The van der Waals surface area contributed by atoms with Gasteiger partial charge in [0, 0.05) is 5.38 Å². The fourth-order valence-electron chi connectivity index (χ4n) is 1.000. The number of carbonyl (C=O) groups is 2. The second-order valence-corrected chi connectivity index (χ2v) is 4.41. The van der Waals surface area contributed by atoms with Crippen molar-refractivity contribution in [3.05, 3.63) is 11.1 Å². The Kier molecular flexibility index (Phi) is 3.48. The number of nitrogens with one attached hydrogen (secondary N) is 1. The highest BCUT2D eigenvalue weighted by molar-refractivity contribution is 7.13. The number of aromatic nitrogens is 1. The van der Waals surface area contributed by atoms with Crippen molar-refractivity contribution in [1.82, 2.24) is 10.3 Å². The highest BCUT2D eigenvalue weighted by atomic mass is 32.1. The molecule has 0 aliphatic rings. The van der Waals surface area contributed by atoms with Gasteiger partial charge in [-0.1, -0.05) is 6.92 Å². The predicted molar refractivity (Wildman–Crippen MR) is 60.3 cm³/mol. The summed E-state index contributed by atoms with van der Waals surface area (Å²) in [4.78, 5) is 26.4. The Labute approximate surface area is 96.5 Å². The van der Waals surface area contributed by atoms with Crippen LogP contribution in [0.5, 0.6) is 0 Å². The third-order valence-corrected chi connectivity index (χ3v) is 3.00. The number of nitrogen functional groups attached to an aromatic ring is 1. The molecular weight excluding hydrogens is 230 g/mol. The number of thiazole rings is 1. The molecule has 1 rings (SSSR count). The van der Waals surface area contributed by atoms with Crippen LogP contribution in [0.25, 0.3) is 0 Å². The summed E-state index contributed by atoms with van der Waals surface area (Å²) in [7, 11) is 0. The zero-order chi connectivity index (χ0) is 12.3. The van der Waals surface area contributed by atoms with Gasteiger partial charge in [-0.15, -0.1) is 11.3 Å². The molecule has 1 amide bonds. The summed E-state index contributed by atoms with van der Waals surface area (Å²) >= 11 is 1.13. The van der Waals surface area contributed by atoms with Crippen LogP contribution >= 0.6 is 11.3 Å². The van der Waals surface area contributed by atoms with E-state index in [4.69, 9.17) is 10.8 Å². The van der Waals surface area contributed by atoms with Gasteiger partial charge in [0.1, 0.15) is 11.2 Å². The molecule has 0 aromatic carbocycles. The standard InChI is InChI=1S/C9H13N3O3S/c1-3-9(2,7(14)15)12-6(13)5-4-16-8(10)11-5/h4H,3H2,1-2H3,(H2,10,11)(H,12,13)(H,14,15). The number of carboxylic acid groups (broad SMARTS) is 1. The molecule has 1 atom stereocenters. The van der Waals surface area contributed by atoms with Crippen molar-refractivity contribution in [2.24, 2.45) is 0 Å². The lowest BCUT2D eigenvalue weighted by atomic mass is 9.99. The molecule has 0 radical (unpaired) electrons. The Bertz CT molecular complexity index is 418. The average Bonchev–Trinajstić information content (AvgIpc) is 2.64. The van der Waals surface area contributed by atoms with E-state index in [-0.39, 0.29) is 17.2 Å². The lowest BCUT2D eigenvalue weighted by Crippen LogP contribution is -2.51. The van der Waals surface area contributed by atoms with Crippen molar-refractivity contribution in [2.45, 2.75) is 25.8 Å². The number of aliphatic carboxylic acids is 1. The quantitative estimate of drug-likeness (QED) is 0.722. The lowest BCUT2D eigenvalue weighted by Gasteiger charge is -2.23. The fourth-order valence-corrected chi connectivity index (χ4v) is 1.54. The smallest absolute Gasteiger partial charge is 0.329 e. The van der Waals surface area contributed by atoms with Gasteiger partial charge < -0.3 is 16.2 Å². The lowest BCUT2D eigenvalue weighted by molar-refractivity contribution is -0.143. The summed E-state index contributed by atoms with van der Waals surface area (Å²) in [5.74, 6) is -1.61. The van der Waals surface area contributed by atoms with Crippen LogP contribution in [0.4, 0.5) is 5.13 Å². The minimum atomic E-state index is -1.28. The monoisotopic (exact) mass is 243 g/mol. The van der Waals surface area contributed by atoms with Crippen molar-refractivity contribution in [3.63, 3.8) is 0 Å². The number of nitrogens with two attached hydrogens (primary N) is 1. The fraction of sp³-hybridized carbons (Fsp3) is 0.444. The molecule has 88 valence electrons. The number of hydrogen-bond donors (Lipinski definition) is 3. The molecule has 4 N–H and O–H groups in total. The molecule has 0 spiro atoms. The van der Waals surface area contributed by atoms with Gasteiger partial charge in [-0.2, -0.15) is 0 Å². The summed E-state index contributed by atoms with van der Waals surface area (Å²) in [5, 5.41) is 13.2. The first-order valence-corrected chi connectivity index (χ1v) is 5.54. The Morgan fingerprint density at radius 3 is 2.69 bits per heavy atom. The number of anilines is 1. The Morgan fingerprint density at radius 2 is 2.31 bits per heavy atom. The third kappa shape index (κ3) is 2.48. The van der Waals surface area contributed by atoms with Crippen LogP contribution < -0.4 is 11.1 Å². The van der Waals surface area contributed by atoms with E-state index in [2.05, 4.69) is 10.3 Å². The molecule has 0 bridgehead atoms. The van der Waals surface area contributed by atoms with Gasteiger partial charge in [-0.05, 0) is 13.3 Å². The second kappa shape index (κ2) is 4.48. The van der Waals surface area contributed by atoms with Crippen molar-refractivity contribution in [3.8, 4) is 0 Å². The maximum Gasteiger partial charge on any atom is 0.329 e. The first kappa shape index (κ1) is 12.4. The average molecular weight is 243 g/mol. The molecular formula is C9H13N3O3S. The van der Waals surface area contributed by atoms with Crippen molar-refractivity contribution in [2.75, 3.05) is 5.73 Å². The van der Waals surface area contributed by atoms with Crippen LogP contribution in [0.3, 0.4) is 0 Å². The van der Waals surface area contributed by atoms with Gasteiger partial charge in [-0.25, -0.2) is 9.78 Å². The molecule has 0 fully saturated rings. The molecule has 16 heavy (non-hydrogen) atoms. The van der Waals surface area contributed by atoms with Crippen molar-refractivity contribution < 1.29 is 14.7 Å². The number of hydrogen-bond acceptors (Lipinski definition) is 5. The van der Waals surface area contributed by atoms with Crippen LogP contribution in [-0.2, 0) is 4.79 Å². The van der Waals surface area contributed by atoms with Crippen LogP contribution in [0.2, 0.25) is 0 Å². The molecule has 0 saturated heterocycles. The zero-order valence-corrected chi connectivity index (χ0v) is 9.80. The second-order valence-electron chi connectivity index (χ2n) is 3.52. The summed E-state index contributed by atoms with van der Waals surface area (Å²) in [6, 6.07) is 0. The Balaban J connectivity index is 2.81. The van der Waals surface area contributed by atoms with E-state index in [0.717, 1.165) is 11.3 Å². The number of nitrogens with zero attached hydrogens (tertiary/aromatic N) is 1. The van der Waals surface area contributed by atoms with Gasteiger partial charge in [0.25, 0.3) is 5.91 Å². The van der Waals surface area contributed by atoms with Crippen LogP contribution in [0.1, 0.15) is 30.8 Å². The molecule has 1 aromatic heterocycles. The van der Waals surface area contributed by atoms with Crippen molar-refractivity contribution >= 4 is 28.3 Å². The van der Waals surface area contributed by atoms with E-state index in [1.54, 1.807) is 6.92 Å². The van der Waals surface area contributed by atoms with Crippen LogP contribution in [0.15, 0.2) is 5.38 Å². The van der Waals surface area contributed by atoms with E-state index in [0.29, 0.717) is 0 Å².